The molecule has 0 radical (unpaired) electrons. The summed E-state index contributed by atoms with van der Waals surface area (Å²) in [5.41, 5.74) is 1.12. The second-order valence-electron chi connectivity index (χ2n) is 4.02. The molecule has 0 saturated heterocycles. The van der Waals surface area contributed by atoms with E-state index in [1.54, 1.807) is 0 Å². The molecule has 90 valence electrons. The summed E-state index contributed by atoms with van der Waals surface area (Å²) in [6.45, 7) is 6.32. The molecule has 2 unspecified atom stereocenters. The van der Waals surface area contributed by atoms with Crippen molar-refractivity contribution in [3.8, 4) is 5.75 Å². The Kier molecular flexibility index (Phi) is 5.29. The zero-order valence-corrected chi connectivity index (χ0v) is 10.1. The SMILES string of the molecule is Cc1ccccc1OC(C)COC(C)CO. The normalized spacial score (nSPS) is 14.5. The molecule has 0 bridgehead atoms. The molecule has 1 rings (SSSR count). The van der Waals surface area contributed by atoms with Crippen LogP contribution in [0.15, 0.2) is 24.3 Å². The third kappa shape index (κ3) is 4.21. The summed E-state index contributed by atoms with van der Waals surface area (Å²) >= 11 is 0. The first-order chi connectivity index (χ1) is 7.63. The first-order valence-electron chi connectivity index (χ1n) is 5.58. The summed E-state index contributed by atoms with van der Waals surface area (Å²) in [6.07, 6.45) is -0.155. The summed E-state index contributed by atoms with van der Waals surface area (Å²) in [7, 11) is 0. The van der Waals surface area contributed by atoms with Gasteiger partial charge < -0.3 is 14.6 Å². The van der Waals surface area contributed by atoms with Crippen LogP contribution in [0.4, 0.5) is 0 Å². The summed E-state index contributed by atoms with van der Waals surface area (Å²) in [4.78, 5) is 0. The van der Waals surface area contributed by atoms with Gasteiger partial charge >= 0.3 is 0 Å². The molecule has 1 aromatic carbocycles. The molecule has 0 amide bonds. The Morgan fingerprint density at radius 3 is 2.50 bits per heavy atom. The van der Waals surface area contributed by atoms with Crippen molar-refractivity contribution in [3.63, 3.8) is 0 Å². The van der Waals surface area contributed by atoms with E-state index >= 15 is 0 Å². The number of para-hydroxylation sites is 1. The van der Waals surface area contributed by atoms with Crippen molar-refractivity contribution in [2.75, 3.05) is 13.2 Å². The fourth-order valence-electron chi connectivity index (χ4n) is 1.29. The molecule has 0 aliphatic heterocycles. The topological polar surface area (TPSA) is 38.7 Å². The quantitative estimate of drug-likeness (QED) is 0.804. The standard InChI is InChI=1S/C13H20O3/c1-10-6-4-5-7-13(10)16-12(3)9-15-11(2)8-14/h4-7,11-12,14H,8-9H2,1-3H3. The second-order valence-corrected chi connectivity index (χ2v) is 4.02. The maximum absolute atomic E-state index is 8.82. The molecule has 0 heterocycles. The molecule has 0 saturated carbocycles. The third-order valence-electron chi connectivity index (χ3n) is 2.29. The Morgan fingerprint density at radius 1 is 1.19 bits per heavy atom. The molecule has 1 aromatic rings. The van der Waals surface area contributed by atoms with E-state index in [4.69, 9.17) is 14.6 Å². The van der Waals surface area contributed by atoms with Crippen molar-refractivity contribution in [2.45, 2.75) is 33.0 Å². The fourth-order valence-corrected chi connectivity index (χ4v) is 1.29. The fraction of sp³-hybridized carbons (Fsp3) is 0.538. The van der Waals surface area contributed by atoms with Gasteiger partial charge in [0.05, 0.1) is 19.3 Å². The summed E-state index contributed by atoms with van der Waals surface area (Å²) in [5, 5.41) is 8.82. The Morgan fingerprint density at radius 2 is 1.88 bits per heavy atom. The van der Waals surface area contributed by atoms with E-state index in [0.29, 0.717) is 6.61 Å². The van der Waals surface area contributed by atoms with Gasteiger partial charge in [0.1, 0.15) is 11.9 Å². The minimum Gasteiger partial charge on any atom is -0.488 e. The van der Waals surface area contributed by atoms with Gasteiger partial charge in [0.15, 0.2) is 0 Å². The number of hydrogen-bond acceptors (Lipinski definition) is 3. The van der Waals surface area contributed by atoms with Crippen LogP contribution in [0.25, 0.3) is 0 Å². The number of benzene rings is 1. The van der Waals surface area contributed by atoms with Gasteiger partial charge in [-0.3, -0.25) is 0 Å². The number of rotatable bonds is 6. The first-order valence-corrected chi connectivity index (χ1v) is 5.58. The number of aliphatic hydroxyl groups is 1. The van der Waals surface area contributed by atoms with Crippen molar-refractivity contribution < 1.29 is 14.6 Å². The van der Waals surface area contributed by atoms with E-state index in [2.05, 4.69) is 0 Å². The van der Waals surface area contributed by atoms with E-state index < -0.39 is 0 Å². The lowest BCUT2D eigenvalue weighted by Crippen LogP contribution is -2.24. The van der Waals surface area contributed by atoms with Crippen LogP contribution in [0.2, 0.25) is 0 Å². The summed E-state index contributed by atoms with van der Waals surface area (Å²) in [6, 6.07) is 7.89. The number of aliphatic hydroxyl groups excluding tert-OH is 1. The van der Waals surface area contributed by atoms with Gasteiger partial charge in [0.2, 0.25) is 0 Å². The smallest absolute Gasteiger partial charge is 0.122 e. The van der Waals surface area contributed by atoms with E-state index in [-0.39, 0.29) is 18.8 Å². The lowest BCUT2D eigenvalue weighted by molar-refractivity contribution is -0.0111. The predicted octanol–water partition coefficient (Wildman–Crippen LogP) is 2.16. The highest BCUT2D eigenvalue weighted by Gasteiger charge is 2.08. The highest BCUT2D eigenvalue weighted by Crippen LogP contribution is 2.17. The summed E-state index contributed by atoms with van der Waals surface area (Å²) in [5.74, 6) is 0.884. The van der Waals surface area contributed by atoms with E-state index in [0.717, 1.165) is 11.3 Å². The van der Waals surface area contributed by atoms with Crippen LogP contribution in [0.1, 0.15) is 19.4 Å². The minimum absolute atomic E-state index is 0.0184. The van der Waals surface area contributed by atoms with Crippen LogP contribution in [-0.2, 0) is 4.74 Å². The largest absolute Gasteiger partial charge is 0.488 e. The molecule has 3 nitrogen and oxygen atoms in total. The zero-order valence-electron chi connectivity index (χ0n) is 10.1. The predicted molar refractivity (Wildman–Crippen MR) is 63.8 cm³/mol. The lowest BCUT2D eigenvalue weighted by Gasteiger charge is -2.18. The van der Waals surface area contributed by atoms with E-state index in [1.165, 1.54) is 0 Å². The van der Waals surface area contributed by atoms with Crippen molar-refractivity contribution in [1.29, 1.82) is 0 Å². The highest BCUT2D eigenvalue weighted by molar-refractivity contribution is 5.31. The Balaban J connectivity index is 2.40. The van der Waals surface area contributed by atoms with Crippen LogP contribution in [-0.4, -0.2) is 30.5 Å². The van der Waals surface area contributed by atoms with Crippen LogP contribution >= 0.6 is 0 Å². The highest BCUT2D eigenvalue weighted by atomic mass is 16.5. The Labute approximate surface area is 97.0 Å². The molecule has 0 fully saturated rings. The maximum atomic E-state index is 8.82. The van der Waals surface area contributed by atoms with Crippen molar-refractivity contribution in [2.24, 2.45) is 0 Å². The number of hydrogen-bond donors (Lipinski definition) is 1. The number of ether oxygens (including phenoxy) is 2. The van der Waals surface area contributed by atoms with Gasteiger partial charge in [0.25, 0.3) is 0 Å². The molecule has 3 heteroatoms. The molecular weight excluding hydrogens is 204 g/mol. The molecule has 1 N–H and O–H groups in total. The van der Waals surface area contributed by atoms with Crippen LogP contribution in [0.3, 0.4) is 0 Å². The third-order valence-corrected chi connectivity index (χ3v) is 2.29. The van der Waals surface area contributed by atoms with Gasteiger partial charge in [-0.15, -0.1) is 0 Å². The molecule has 0 aliphatic carbocycles. The molecule has 16 heavy (non-hydrogen) atoms. The molecular formula is C13H20O3. The van der Waals surface area contributed by atoms with Crippen molar-refractivity contribution >= 4 is 0 Å². The van der Waals surface area contributed by atoms with E-state index in [9.17, 15) is 0 Å². The van der Waals surface area contributed by atoms with Gasteiger partial charge in [-0.2, -0.15) is 0 Å². The minimum atomic E-state index is -0.136. The number of aryl methyl sites for hydroxylation is 1. The monoisotopic (exact) mass is 224 g/mol. The molecule has 0 aliphatic rings. The second kappa shape index (κ2) is 6.51. The van der Waals surface area contributed by atoms with Crippen LogP contribution in [0, 0.1) is 6.92 Å². The van der Waals surface area contributed by atoms with Crippen LogP contribution < -0.4 is 4.74 Å². The molecule has 0 aromatic heterocycles. The zero-order chi connectivity index (χ0) is 12.0. The maximum Gasteiger partial charge on any atom is 0.122 e. The van der Waals surface area contributed by atoms with Crippen molar-refractivity contribution in [1.82, 2.24) is 0 Å². The Hall–Kier alpha value is -1.06. The van der Waals surface area contributed by atoms with Gasteiger partial charge in [-0.1, -0.05) is 18.2 Å². The van der Waals surface area contributed by atoms with Crippen LogP contribution in [0.5, 0.6) is 5.75 Å². The molecule has 2 atom stereocenters. The average Bonchev–Trinajstić information content (AvgIpc) is 2.29. The van der Waals surface area contributed by atoms with Crippen molar-refractivity contribution in [3.05, 3.63) is 29.8 Å². The van der Waals surface area contributed by atoms with Gasteiger partial charge in [-0.25, -0.2) is 0 Å². The van der Waals surface area contributed by atoms with Gasteiger partial charge in [-0.05, 0) is 32.4 Å². The van der Waals surface area contributed by atoms with E-state index in [1.807, 2.05) is 45.0 Å². The molecule has 0 spiro atoms. The Bertz CT molecular complexity index is 312. The summed E-state index contributed by atoms with van der Waals surface area (Å²) < 4.78 is 11.1. The van der Waals surface area contributed by atoms with Gasteiger partial charge in [0, 0.05) is 0 Å². The average molecular weight is 224 g/mol. The first kappa shape index (κ1) is 13.0. The lowest BCUT2D eigenvalue weighted by atomic mass is 10.2.